The molecular weight excluding hydrogens is 298 g/mol. The van der Waals surface area contributed by atoms with E-state index in [0.717, 1.165) is 38.3 Å². The van der Waals surface area contributed by atoms with Gasteiger partial charge in [-0.3, -0.25) is 9.69 Å². The number of hydrogen-bond donors (Lipinski definition) is 1. The van der Waals surface area contributed by atoms with Crippen molar-refractivity contribution in [3.05, 3.63) is 54.1 Å². The maximum absolute atomic E-state index is 12.0. The molecule has 0 bridgehead atoms. The number of hydrogen-bond acceptors (Lipinski definition) is 3. The molecule has 4 nitrogen and oxygen atoms in total. The van der Waals surface area contributed by atoms with Crippen molar-refractivity contribution in [1.29, 1.82) is 0 Å². The van der Waals surface area contributed by atoms with Gasteiger partial charge in [0.25, 0.3) is 0 Å². The zero-order valence-corrected chi connectivity index (χ0v) is 14.2. The van der Waals surface area contributed by atoms with E-state index in [4.69, 9.17) is 0 Å². The van der Waals surface area contributed by atoms with Crippen LogP contribution in [0.4, 0.5) is 0 Å². The van der Waals surface area contributed by atoms with E-state index in [1.807, 2.05) is 30.3 Å². The van der Waals surface area contributed by atoms with E-state index in [9.17, 15) is 4.79 Å². The summed E-state index contributed by atoms with van der Waals surface area (Å²) in [7, 11) is 2.15. The Bertz CT molecular complexity index is 712. The van der Waals surface area contributed by atoms with E-state index < -0.39 is 0 Å². The second-order valence-corrected chi connectivity index (χ2v) is 6.34. The van der Waals surface area contributed by atoms with E-state index in [2.05, 4.69) is 40.4 Å². The van der Waals surface area contributed by atoms with Crippen LogP contribution in [0.2, 0.25) is 0 Å². The van der Waals surface area contributed by atoms with E-state index in [-0.39, 0.29) is 5.91 Å². The van der Waals surface area contributed by atoms with Crippen molar-refractivity contribution in [2.75, 3.05) is 46.3 Å². The van der Waals surface area contributed by atoms with Crippen molar-refractivity contribution in [2.45, 2.75) is 0 Å². The summed E-state index contributed by atoms with van der Waals surface area (Å²) < 4.78 is 0. The average Bonchev–Trinajstić information content (AvgIpc) is 2.61. The molecule has 0 saturated carbocycles. The van der Waals surface area contributed by atoms with Gasteiger partial charge in [0.2, 0.25) is 5.91 Å². The summed E-state index contributed by atoms with van der Waals surface area (Å²) in [4.78, 5) is 16.8. The number of nitrogens with one attached hydrogen (secondary N) is 1. The smallest absolute Gasteiger partial charge is 0.244 e. The monoisotopic (exact) mass is 323 g/mol. The molecular formula is C20H25N3O. The maximum atomic E-state index is 12.0. The molecule has 1 N–H and O–H groups in total. The Morgan fingerprint density at radius 3 is 2.67 bits per heavy atom. The Hall–Kier alpha value is -2.17. The lowest BCUT2D eigenvalue weighted by Crippen LogP contribution is -2.46. The fraction of sp³-hybridized carbons (Fsp3) is 0.350. The predicted octanol–water partition coefficient (Wildman–Crippen LogP) is 2.22. The van der Waals surface area contributed by atoms with Crippen molar-refractivity contribution in [3.63, 3.8) is 0 Å². The van der Waals surface area contributed by atoms with Crippen LogP contribution in [0.3, 0.4) is 0 Å². The number of piperazine rings is 1. The third-order valence-corrected chi connectivity index (χ3v) is 4.56. The summed E-state index contributed by atoms with van der Waals surface area (Å²) >= 11 is 0. The Morgan fingerprint density at radius 1 is 1.08 bits per heavy atom. The Morgan fingerprint density at radius 2 is 1.83 bits per heavy atom. The number of amides is 1. The number of fused-ring (bicyclic) bond motifs is 1. The molecule has 2 aromatic carbocycles. The number of likely N-dealkylation sites (N-methyl/N-ethyl adjacent to an activating group) is 1. The fourth-order valence-electron chi connectivity index (χ4n) is 3.03. The van der Waals surface area contributed by atoms with Crippen LogP contribution in [0.25, 0.3) is 16.8 Å². The van der Waals surface area contributed by atoms with Crippen LogP contribution < -0.4 is 5.32 Å². The summed E-state index contributed by atoms with van der Waals surface area (Å²) in [5.74, 6) is -0.0305. The molecule has 4 heteroatoms. The van der Waals surface area contributed by atoms with Crippen LogP contribution >= 0.6 is 0 Å². The SMILES string of the molecule is CN1CCN(CCNC(=O)/C=C/c2cccc3ccccc23)CC1. The van der Waals surface area contributed by atoms with Crippen LogP contribution in [-0.2, 0) is 4.79 Å². The number of rotatable bonds is 5. The lowest BCUT2D eigenvalue weighted by atomic mass is 10.0. The van der Waals surface area contributed by atoms with Crippen molar-refractivity contribution in [3.8, 4) is 0 Å². The van der Waals surface area contributed by atoms with Gasteiger partial charge in [-0.1, -0.05) is 42.5 Å². The van der Waals surface area contributed by atoms with Crippen molar-refractivity contribution in [1.82, 2.24) is 15.1 Å². The van der Waals surface area contributed by atoms with E-state index >= 15 is 0 Å². The van der Waals surface area contributed by atoms with Gasteiger partial charge >= 0.3 is 0 Å². The molecule has 1 heterocycles. The van der Waals surface area contributed by atoms with Gasteiger partial charge in [0.05, 0.1) is 0 Å². The van der Waals surface area contributed by atoms with Gasteiger partial charge in [-0.05, 0) is 29.5 Å². The molecule has 1 amide bonds. The molecule has 0 atom stereocenters. The summed E-state index contributed by atoms with van der Waals surface area (Å²) in [5, 5.41) is 5.34. The van der Waals surface area contributed by atoms with E-state index in [1.54, 1.807) is 6.08 Å². The van der Waals surface area contributed by atoms with Crippen LogP contribution in [0.5, 0.6) is 0 Å². The minimum Gasteiger partial charge on any atom is -0.351 e. The Kier molecular flexibility index (Phi) is 5.62. The number of benzene rings is 2. The van der Waals surface area contributed by atoms with Crippen molar-refractivity contribution in [2.24, 2.45) is 0 Å². The molecule has 1 aliphatic rings. The summed E-state index contributed by atoms with van der Waals surface area (Å²) in [5.41, 5.74) is 1.07. The normalized spacial score (nSPS) is 16.7. The Labute approximate surface area is 143 Å². The highest BCUT2D eigenvalue weighted by atomic mass is 16.1. The summed E-state index contributed by atoms with van der Waals surface area (Å²) in [6.07, 6.45) is 3.53. The Balaban J connectivity index is 1.50. The zero-order chi connectivity index (χ0) is 16.8. The third-order valence-electron chi connectivity index (χ3n) is 4.56. The van der Waals surface area contributed by atoms with Crippen LogP contribution in [0.1, 0.15) is 5.56 Å². The van der Waals surface area contributed by atoms with Crippen LogP contribution in [0.15, 0.2) is 48.5 Å². The van der Waals surface area contributed by atoms with Gasteiger partial charge in [0.1, 0.15) is 0 Å². The summed E-state index contributed by atoms with van der Waals surface area (Å²) in [6.45, 7) is 5.99. The maximum Gasteiger partial charge on any atom is 0.244 e. The van der Waals surface area contributed by atoms with Crippen molar-refractivity contribution < 1.29 is 4.79 Å². The molecule has 0 unspecified atom stereocenters. The molecule has 1 saturated heterocycles. The number of carbonyl (C=O) groups excluding carboxylic acids is 1. The molecule has 0 radical (unpaired) electrons. The zero-order valence-electron chi connectivity index (χ0n) is 14.2. The highest BCUT2D eigenvalue weighted by Crippen LogP contribution is 2.19. The van der Waals surface area contributed by atoms with Gasteiger partial charge in [0, 0.05) is 45.3 Å². The van der Waals surface area contributed by atoms with Gasteiger partial charge in [0.15, 0.2) is 0 Å². The minimum atomic E-state index is -0.0305. The third kappa shape index (κ3) is 4.43. The molecule has 1 aliphatic heterocycles. The fourth-order valence-corrected chi connectivity index (χ4v) is 3.03. The molecule has 24 heavy (non-hydrogen) atoms. The first kappa shape index (κ1) is 16.7. The molecule has 1 fully saturated rings. The molecule has 0 aromatic heterocycles. The quantitative estimate of drug-likeness (QED) is 0.857. The highest BCUT2D eigenvalue weighted by Gasteiger charge is 2.12. The van der Waals surface area contributed by atoms with Crippen LogP contribution in [0, 0.1) is 0 Å². The average molecular weight is 323 g/mol. The van der Waals surface area contributed by atoms with E-state index in [0.29, 0.717) is 6.54 Å². The first-order valence-electron chi connectivity index (χ1n) is 8.57. The largest absolute Gasteiger partial charge is 0.351 e. The molecule has 0 spiro atoms. The standard InChI is InChI=1S/C20H25N3O/c1-22-13-15-23(16-14-22)12-11-21-20(24)10-9-18-7-4-6-17-5-2-3-8-19(17)18/h2-10H,11-16H2,1H3,(H,21,24)/b10-9+. The van der Waals surface area contributed by atoms with Gasteiger partial charge in [-0.15, -0.1) is 0 Å². The first-order chi connectivity index (χ1) is 11.7. The topological polar surface area (TPSA) is 35.6 Å². The van der Waals surface area contributed by atoms with Gasteiger partial charge in [-0.25, -0.2) is 0 Å². The molecule has 3 rings (SSSR count). The molecule has 126 valence electrons. The van der Waals surface area contributed by atoms with Gasteiger partial charge in [-0.2, -0.15) is 0 Å². The lowest BCUT2D eigenvalue weighted by Gasteiger charge is -2.32. The van der Waals surface area contributed by atoms with Gasteiger partial charge < -0.3 is 10.2 Å². The first-order valence-corrected chi connectivity index (χ1v) is 8.57. The predicted molar refractivity (Wildman–Crippen MR) is 99.9 cm³/mol. The molecule has 2 aromatic rings. The number of nitrogens with zero attached hydrogens (tertiary/aromatic N) is 2. The second-order valence-electron chi connectivity index (χ2n) is 6.34. The number of carbonyl (C=O) groups is 1. The second kappa shape index (κ2) is 8.08. The van der Waals surface area contributed by atoms with Crippen molar-refractivity contribution >= 4 is 22.8 Å². The summed E-state index contributed by atoms with van der Waals surface area (Å²) in [6, 6.07) is 14.4. The minimum absolute atomic E-state index is 0.0305. The molecule has 0 aliphatic carbocycles. The van der Waals surface area contributed by atoms with Crippen LogP contribution in [-0.4, -0.2) is 62.0 Å². The lowest BCUT2D eigenvalue weighted by molar-refractivity contribution is -0.116. The highest BCUT2D eigenvalue weighted by molar-refractivity contribution is 5.96. The van der Waals surface area contributed by atoms with E-state index in [1.165, 1.54) is 10.8 Å².